The molecule has 1 radical (unpaired) electrons. The number of ether oxygens (including phenoxy) is 1. The molecule has 0 saturated carbocycles. The van der Waals surface area contributed by atoms with E-state index in [1.54, 1.807) is 0 Å². The normalized spacial score (nSPS) is 21.7. The van der Waals surface area contributed by atoms with Crippen LogP contribution >= 0.6 is 0 Å². The quantitative estimate of drug-likeness (QED) is 0.627. The minimum absolute atomic E-state index is 0.0984. The third-order valence-electron chi connectivity index (χ3n) is 1.81. The summed E-state index contributed by atoms with van der Waals surface area (Å²) in [7, 11) is 0. The third kappa shape index (κ3) is 1.25. The molecule has 12 heavy (non-hydrogen) atoms. The summed E-state index contributed by atoms with van der Waals surface area (Å²) in [4.78, 5) is 10.6. The Morgan fingerprint density at radius 2 is 2.08 bits per heavy atom. The van der Waals surface area contributed by atoms with E-state index in [0.717, 1.165) is 5.56 Å². The zero-order valence-electron chi connectivity index (χ0n) is 6.43. The van der Waals surface area contributed by atoms with Gasteiger partial charge in [0.15, 0.2) is 0 Å². The van der Waals surface area contributed by atoms with E-state index in [9.17, 15) is 4.79 Å². The fourth-order valence-corrected chi connectivity index (χ4v) is 1.20. The van der Waals surface area contributed by atoms with Gasteiger partial charge in [-0.25, -0.2) is 10.1 Å². The second kappa shape index (κ2) is 2.85. The molecule has 1 heterocycles. The molecule has 61 valence electrons. The van der Waals surface area contributed by atoms with Crippen molar-refractivity contribution >= 4 is 6.09 Å². The predicted molar refractivity (Wildman–Crippen MR) is 42.7 cm³/mol. The van der Waals surface area contributed by atoms with Crippen molar-refractivity contribution in [1.82, 2.24) is 5.32 Å². The molecule has 0 unspecified atom stereocenters. The fourth-order valence-electron chi connectivity index (χ4n) is 1.20. The van der Waals surface area contributed by atoms with Crippen molar-refractivity contribution in [1.29, 1.82) is 0 Å². The Labute approximate surface area is 70.3 Å². The van der Waals surface area contributed by atoms with E-state index in [0.29, 0.717) is 6.61 Å². The van der Waals surface area contributed by atoms with Crippen LogP contribution in [0.25, 0.3) is 0 Å². The highest BCUT2D eigenvalue weighted by Crippen LogP contribution is 2.18. The first kappa shape index (κ1) is 7.16. The molecule has 0 N–H and O–H groups in total. The van der Waals surface area contributed by atoms with Gasteiger partial charge in [0.2, 0.25) is 0 Å². The highest BCUT2D eigenvalue weighted by Gasteiger charge is 2.25. The Balaban J connectivity index is 2.16. The second-order valence-electron chi connectivity index (χ2n) is 2.63. The molecule has 1 atom stereocenters. The van der Waals surface area contributed by atoms with E-state index in [1.807, 2.05) is 30.3 Å². The van der Waals surface area contributed by atoms with Crippen LogP contribution in [0, 0.1) is 0 Å². The third-order valence-corrected chi connectivity index (χ3v) is 1.81. The van der Waals surface area contributed by atoms with Gasteiger partial charge in [0.25, 0.3) is 0 Å². The molecule has 3 heteroatoms. The first-order valence-electron chi connectivity index (χ1n) is 3.79. The molecular weight excluding hydrogens is 154 g/mol. The average Bonchev–Trinajstić information content (AvgIpc) is 2.54. The largest absolute Gasteiger partial charge is 0.446 e. The molecular formula is C9H8NO2. The standard InChI is InChI=1S/C9H8NO2/c11-9-10-8(6-12-9)7-4-2-1-3-5-7/h1-5,8H,6H2/t8-/m0/s1. The van der Waals surface area contributed by atoms with Crippen molar-refractivity contribution in [3.8, 4) is 0 Å². The number of carbonyl (C=O) groups is 1. The summed E-state index contributed by atoms with van der Waals surface area (Å²) in [5.74, 6) is 0. The summed E-state index contributed by atoms with van der Waals surface area (Å²) >= 11 is 0. The molecule has 1 aliphatic rings. The topological polar surface area (TPSA) is 40.4 Å². The van der Waals surface area contributed by atoms with Crippen LogP contribution in [0.4, 0.5) is 4.79 Å². The first-order chi connectivity index (χ1) is 5.86. The molecule has 0 spiro atoms. The van der Waals surface area contributed by atoms with Gasteiger partial charge in [-0.15, -0.1) is 0 Å². The van der Waals surface area contributed by atoms with Crippen LogP contribution in [-0.4, -0.2) is 12.7 Å². The van der Waals surface area contributed by atoms with Crippen molar-refractivity contribution in [2.24, 2.45) is 0 Å². The van der Waals surface area contributed by atoms with Gasteiger partial charge in [-0.1, -0.05) is 30.3 Å². The van der Waals surface area contributed by atoms with Crippen molar-refractivity contribution < 1.29 is 9.53 Å². The molecule has 0 aliphatic carbocycles. The number of amides is 1. The Morgan fingerprint density at radius 1 is 1.33 bits per heavy atom. The highest BCUT2D eigenvalue weighted by atomic mass is 16.6. The molecule has 1 fully saturated rings. The number of rotatable bonds is 1. The van der Waals surface area contributed by atoms with Gasteiger partial charge in [0, 0.05) is 0 Å². The van der Waals surface area contributed by atoms with E-state index in [1.165, 1.54) is 0 Å². The van der Waals surface area contributed by atoms with Gasteiger partial charge in [0.05, 0.1) is 0 Å². The SMILES string of the molecule is O=C1[N][C@H](c2ccccc2)CO1. The minimum Gasteiger partial charge on any atom is -0.446 e. The molecule has 1 aromatic carbocycles. The van der Waals surface area contributed by atoms with Crippen LogP contribution in [0.15, 0.2) is 30.3 Å². The van der Waals surface area contributed by atoms with Crippen LogP contribution in [-0.2, 0) is 4.74 Å². The van der Waals surface area contributed by atoms with Crippen LogP contribution in [0.3, 0.4) is 0 Å². The van der Waals surface area contributed by atoms with Gasteiger partial charge >= 0.3 is 6.09 Å². The summed E-state index contributed by atoms with van der Waals surface area (Å²) in [6, 6.07) is 9.56. The summed E-state index contributed by atoms with van der Waals surface area (Å²) in [6.07, 6.45) is -0.455. The van der Waals surface area contributed by atoms with Gasteiger partial charge in [-0.05, 0) is 5.56 Å². The maximum Gasteiger partial charge on any atom is 0.429 e. The lowest BCUT2D eigenvalue weighted by Gasteiger charge is -2.03. The van der Waals surface area contributed by atoms with Crippen LogP contribution in [0.1, 0.15) is 11.6 Å². The van der Waals surface area contributed by atoms with Crippen LogP contribution in [0.5, 0.6) is 0 Å². The lowest BCUT2D eigenvalue weighted by Crippen LogP contribution is -2.09. The number of hydrogen-bond donors (Lipinski definition) is 0. The van der Waals surface area contributed by atoms with E-state index in [4.69, 9.17) is 4.74 Å². The van der Waals surface area contributed by atoms with Gasteiger partial charge in [-0.2, -0.15) is 0 Å². The summed E-state index contributed by atoms with van der Waals surface area (Å²) in [6.45, 7) is 0.378. The fraction of sp³-hybridized carbons (Fsp3) is 0.222. The zero-order valence-corrected chi connectivity index (χ0v) is 6.43. The van der Waals surface area contributed by atoms with Crippen molar-refractivity contribution in [3.05, 3.63) is 35.9 Å². The molecule has 1 saturated heterocycles. The minimum atomic E-state index is -0.455. The molecule has 0 bridgehead atoms. The molecule has 3 nitrogen and oxygen atoms in total. The van der Waals surface area contributed by atoms with Gasteiger partial charge in [-0.3, -0.25) is 0 Å². The average molecular weight is 162 g/mol. The van der Waals surface area contributed by atoms with E-state index in [2.05, 4.69) is 5.32 Å². The van der Waals surface area contributed by atoms with E-state index in [-0.39, 0.29) is 6.04 Å². The van der Waals surface area contributed by atoms with Gasteiger partial charge < -0.3 is 4.74 Å². The van der Waals surface area contributed by atoms with E-state index < -0.39 is 6.09 Å². The second-order valence-corrected chi connectivity index (χ2v) is 2.63. The number of carbonyl (C=O) groups excluding carboxylic acids is 1. The number of cyclic esters (lactones) is 1. The van der Waals surface area contributed by atoms with Crippen LogP contribution < -0.4 is 5.32 Å². The van der Waals surface area contributed by atoms with Crippen molar-refractivity contribution in [2.45, 2.75) is 6.04 Å². The smallest absolute Gasteiger partial charge is 0.429 e. The van der Waals surface area contributed by atoms with E-state index >= 15 is 0 Å². The molecule has 2 rings (SSSR count). The Bertz CT molecular complexity index is 284. The molecule has 0 aromatic heterocycles. The maximum atomic E-state index is 10.6. The zero-order chi connectivity index (χ0) is 8.39. The summed E-state index contributed by atoms with van der Waals surface area (Å²) < 4.78 is 4.71. The molecule has 1 amide bonds. The van der Waals surface area contributed by atoms with Crippen LogP contribution in [0.2, 0.25) is 0 Å². The Hall–Kier alpha value is -1.51. The Kier molecular flexibility index (Phi) is 1.70. The summed E-state index contributed by atoms with van der Waals surface area (Å²) in [5.41, 5.74) is 1.03. The molecule has 1 aliphatic heterocycles. The number of benzene rings is 1. The number of hydrogen-bond acceptors (Lipinski definition) is 2. The van der Waals surface area contributed by atoms with Gasteiger partial charge in [0.1, 0.15) is 12.6 Å². The number of nitrogens with zero attached hydrogens (tertiary/aromatic N) is 1. The lowest BCUT2D eigenvalue weighted by atomic mass is 10.1. The summed E-state index contributed by atoms with van der Waals surface area (Å²) in [5, 5.41) is 3.80. The first-order valence-corrected chi connectivity index (χ1v) is 3.79. The highest BCUT2D eigenvalue weighted by molar-refractivity contribution is 5.69. The predicted octanol–water partition coefficient (Wildman–Crippen LogP) is 1.48. The van der Waals surface area contributed by atoms with Crippen molar-refractivity contribution in [2.75, 3.05) is 6.61 Å². The Morgan fingerprint density at radius 3 is 2.67 bits per heavy atom. The lowest BCUT2D eigenvalue weighted by molar-refractivity contribution is 0.176. The molecule has 1 aromatic rings. The van der Waals surface area contributed by atoms with Crippen molar-refractivity contribution in [3.63, 3.8) is 0 Å². The monoisotopic (exact) mass is 162 g/mol. The maximum absolute atomic E-state index is 10.6.